The van der Waals surface area contributed by atoms with E-state index in [1.165, 1.54) is 0 Å². The number of hydrogen-bond donors (Lipinski definition) is 15. The van der Waals surface area contributed by atoms with E-state index in [1.807, 2.05) is 0 Å². The molecule has 294 valence electrons. The quantitative estimate of drug-likeness (QED) is 0.0609. The molecule has 50 heavy (non-hydrogen) atoms. The van der Waals surface area contributed by atoms with E-state index < -0.39 is 156 Å². The highest BCUT2D eigenvalue weighted by molar-refractivity contribution is 7.98. The minimum absolute atomic E-state index is 0.0276. The minimum Gasteiger partial charge on any atom is -0.394 e. The Hall–Kier alpha value is -0.340. The molecule has 4 fully saturated rings. The third kappa shape index (κ3) is 9.29. The molecule has 0 aromatic carbocycles. The van der Waals surface area contributed by atoms with Gasteiger partial charge in [0.2, 0.25) is 0 Å². The van der Waals surface area contributed by atoms with E-state index >= 15 is 0 Å². The van der Waals surface area contributed by atoms with Gasteiger partial charge in [-0.15, -0.1) is 0 Å². The van der Waals surface area contributed by atoms with Crippen LogP contribution in [0.3, 0.4) is 0 Å². The monoisotopic (exact) mass is 778 g/mol. The normalized spacial score (nSPS) is 49.2. The summed E-state index contributed by atoms with van der Waals surface area (Å²) in [5, 5.41) is 132. The molecule has 24 nitrogen and oxygen atoms in total. The van der Waals surface area contributed by atoms with E-state index in [0.29, 0.717) is 0 Å². The molecule has 0 bridgehead atoms. The van der Waals surface area contributed by atoms with Gasteiger partial charge >= 0.3 is 7.82 Å². The van der Waals surface area contributed by atoms with Gasteiger partial charge in [0.25, 0.3) is 0 Å². The number of phosphoric acid groups is 1. The predicted molar refractivity (Wildman–Crippen MR) is 152 cm³/mol. The third-order valence-corrected chi connectivity index (χ3v) is 10.4. The lowest BCUT2D eigenvalue weighted by Crippen LogP contribution is -2.67. The summed E-state index contributed by atoms with van der Waals surface area (Å²) in [7, 11) is -5.05. The summed E-state index contributed by atoms with van der Waals surface area (Å²) >= 11 is 0.0276. The van der Waals surface area contributed by atoms with Crippen LogP contribution in [-0.4, -0.2) is 225 Å². The fraction of sp³-hybridized carbons (Fsp3) is 1.00. The van der Waals surface area contributed by atoms with Gasteiger partial charge in [0.15, 0.2) is 25.2 Å². The van der Waals surface area contributed by atoms with E-state index in [-0.39, 0.29) is 12.0 Å². The first-order valence-electron chi connectivity index (χ1n) is 15.0. The Balaban J connectivity index is 1.42. The van der Waals surface area contributed by atoms with E-state index in [2.05, 4.69) is 3.97 Å². The number of hydrogen-bond acceptors (Lipinski definition) is 23. The molecule has 15 N–H and O–H groups in total. The zero-order valence-corrected chi connectivity index (χ0v) is 27.3. The van der Waals surface area contributed by atoms with Crippen LogP contribution in [0.15, 0.2) is 0 Å². The molecule has 0 aliphatic carbocycles. The topological polar surface area (TPSA) is 394 Å². The number of aliphatic hydroxyl groups excluding tert-OH is 13. The van der Waals surface area contributed by atoms with Crippen molar-refractivity contribution in [2.45, 2.75) is 122 Å². The fourth-order valence-electron chi connectivity index (χ4n) is 5.76. The molecule has 4 rings (SSSR count). The molecule has 4 aliphatic rings. The molecule has 0 radical (unpaired) electrons. The lowest BCUT2D eigenvalue weighted by molar-refractivity contribution is -0.385. The molecule has 0 amide bonds. The summed E-state index contributed by atoms with van der Waals surface area (Å²) in [6, 6.07) is 0. The molecule has 0 saturated carbocycles. The standard InChI is InChI=1S/C24H43O24PS/c25-1-5-17(9(29)13(33)21(37)41-5)45-22-14(34)10(30)18(6(2-26)42-22)46-23-15(35)11(31)19(7(3-27)43-23)47-24-16(36)12(32)20(8(4-28)44-24)50-48-49(38,39)40/h5-37H,1-4H2,(H2,38,39,40)/t5-,6-,7-,8-,9-,10-,11-,12-,13-,14-,15-,16-,17-,18-,19-,20-,21-,22-,23-,24-/m1/s1. The van der Waals surface area contributed by atoms with Gasteiger partial charge in [0.1, 0.15) is 91.6 Å². The van der Waals surface area contributed by atoms with Gasteiger partial charge < -0.3 is 109 Å². The molecular weight excluding hydrogens is 735 g/mol. The molecule has 0 spiro atoms. The van der Waals surface area contributed by atoms with Crippen LogP contribution >= 0.6 is 19.9 Å². The average molecular weight is 779 g/mol. The molecule has 20 atom stereocenters. The van der Waals surface area contributed by atoms with Crippen molar-refractivity contribution in [1.82, 2.24) is 0 Å². The average Bonchev–Trinajstić information content (AvgIpc) is 3.08. The summed E-state index contributed by atoms with van der Waals surface area (Å²) in [6.07, 6.45) is -34.7. The van der Waals surface area contributed by atoms with Crippen molar-refractivity contribution < 1.29 is 118 Å². The van der Waals surface area contributed by atoms with E-state index in [4.69, 9.17) is 42.9 Å². The van der Waals surface area contributed by atoms with E-state index in [1.54, 1.807) is 0 Å². The van der Waals surface area contributed by atoms with Crippen LogP contribution in [-0.2, 0) is 41.7 Å². The van der Waals surface area contributed by atoms with Crippen LogP contribution < -0.4 is 0 Å². The van der Waals surface area contributed by atoms with Crippen molar-refractivity contribution in [1.29, 1.82) is 0 Å². The van der Waals surface area contributed by atoms with Gasteiger partial charge in [-0.05, 0) is 0 Å². The van der Waals surface area contributed by atoms with Crippen LogP contribution in [0.1, 0.15) is 0 Å². The predicted octanol–water partition coefficient (Wildman–Crippen LogP) is -8.98. The highest BCUT2D eigenvalue weighted by atomic mass is 32.2. The minimum atomic E-state index is -5.05. The molecule has 4 heterocycles. The second kappa shape index (κ2) is 17.9. The second-order valence-corrected chi connectivity index (χ2v) is 14.1. The Morgan fingerprint density at radius 3 is 1.20 bits per heavy atom. The highest BCUT2D eigenvalue weighted by Crippen LogP contribution is 2.45. The summed E-state index contributed by atoms with van der Waals surface area (Å²) in [6.45, 7) is -3.60. The zero-order valence-electron chi connectivity index (χ0n) is 25.6. The maximum absolute atomic E-state index is 11.1. The third-order valence-electron chi connectivity index (χ3n) is 8.43. The SMILES string of the molecule is O=P(O)(O)OS[C@H]1[C@H](O)[C@@H](O)[C@@H](O[C@H]2[C@H](O)[C@@H](O)[C@@H](O[C@H]3[C@H](O)[C@@H](O)[C@@H](O[C@H]4[C@H](O)[C@@H](O)[C@H](O)O[C@@H]4CO)O[C@@H]3CO)O[C@@H]2CO)O[C@@H]1CO. The molecule has 0 aromatic rings. The van der Waals surface area contributed by atoms with E-state index in [0.717, 1.165) is 0 Å². The van der Waals surface area contributed by atoms with Crippen LogP contribution in [0.2, 0.25) is 0 Å². The summed E-state index contributed by atoms with van der Waals surface area (Å²) in [5.74, 6) is 0. The lowest BCUT2D eigenvalue weighted by atomic mass is 9.95. The highest BCUT2D eigenvalue weighted by Gasteiger charge is 2.55. The molecule has 4 aliphatic heterocycles. The maximum Gasteiger partial charge on any atom is 0.480 e. The maximum atomic E-state index is 11.1. The zero-order chi connectivity index (χ0) is 37.2. The van der Waals surface area contributed by atoms with Gasteiger partial charge in [-0.2, -0.15) is 0 Å². The van der Waals surface area contributed by atoms with Gasteiger partial charge in [-0.3, -0.25) is 0 Å². The van der Waals surface area contributed by atoms with Crippen molar-refractivity contribution in [3.05, 3.63) is 0 Å². The molecule has 0 unspecified atom stereocenters. The van der Waals surface area contributed by atoms with E-state index in [9.17, 15) is 70.9 Å². The second-order valence-electron chi connectivity index (χ2n) is 11.8. The van der Waals surface area contributed by atoms with Crippen molar-refractivity contribution in [2.24, 2.45) is 0 Å². The number of ether oxygens (including phenoxy) is 7. The Labute approximate surface area is 286 Å². The van der Waals surface area contributed by atoms with Gasteiger partial charge in [0.05, 0.1) is 31.7 Å². The van der Waals surface area contributed by atoms with Gasteiger partial charge in [0, 0.05) is 12.0 Å². The largest absolute Gasteiger partial charge is 0.480 e. The van der Waals surface area contributed by atoms with Gasteiger partial charge in [-0.1, -0.05) is 0 Å². The first-order valence-corrected chi connectivity index (χ1v) is 17.4. The molecule has 26 heteroatoms. The Morgan fingerprint density at radius 2 is 0.820 bits per heavy atom. The van der Waals surface area contributed by atoms with Crippen molar-refractivity contribution in [3.63, 3.8) is 0 Å². The Morgan fingerprint density at radius 1 is 0.480 bits per heavy atom. The van der Waals surface area contributed by atoms with Crippen LogP contribution in [0, 0.1) is 0 Å². The Bertz CT molecular complexity index is 1100. The van der Waals surface area contributed by atoms with Crippen LogP contribution in [0.25, 0.3) is 0 Å². The summed E-state index contributed by atoms with van der Waals surface area (Å²) in [4.78, 5) is 17.9. The first kappa shape index (κ1) is 42.4. The van der Waals surface area contributed by atoms with Crippen LogP contribution in [0.4, 0.5) is 0 Å². The molecule has 0 aromatic heterocycles. The molecular formula is C24H43O24PS. The summed E-state index contributed by atoms with van der Waals surface area (Å²) in [5.41, 5.74) is 0. The number of rotatable bonds is 13. The van der Waals surface area contributed by atoms with Gasteiger partial charge in [-0.25, -0.2) is 8.54 Å². The smallest absolute Gasteiger partial charge is 0.394 e. The number of aliphatic hydroxyl groups is 13. The lowest BCUT2D eigenvalue weighted by Gasteiger charge is -2.49. The summed E-state index contributed by atoms with van der Waals surface area (Å²) < 4.78 is 53.3. The molecule has 4 saturated heterocycles. The van der Waals surface area contributed by atoms with Crippen molar-refractivity contribution in [3.8, 4) is 0 Å². The fourth-order valence-corrected chi connectivity index (χ4v) is 7.15. The first-order chi connectivity index (χ1) is 23.5. The van der Waals surface area contributed by atoms with Crippen LogP contribution in [0.5, 0.6) is 0 Å². The Kier molecular flexibility index (Phi) is 15.1. The van der Waals surface area contributed by atoms with Crippen molar-refractivity contribution in [2.75, 3.05) is 26.4 Å². The van der Waals surface area contributed by atoms with Crippen molar-refractivity contribution >= 4 is 19.9 Å².